The Morgan fingerprint density at radius 2 is 2.31 bits per heavy atom. The first-order chi connectivity index (χ1) is 6.27. The molecular formula is C9H9FN2O. The number of benzene rings is 1. The largest absolute Gasteiger partial charge is 0.491 e. The topological polar surface area (TPSA) is 59.0 Å². The summed E-state index contributed by atoms with van der Waals surface area (Å²) in [5.74, 6) is -0.0778. The standard InChI is InChI=1S/C9H9FN2O/c10-8-1-2-9(13-4-3-11)7(5-8)6-12/h1-2,5H,3-4,11H2. The number of nitrogens with zero attached hydrogens (tertiary/aromatic N) is 1. The molecule has 0 aliphatic carbocycles. The Morgan fingerprint density at radius 3 is 2.92 bits per heavy atom. The van der Waals surface area contributed by atoms with E-state index in [1.54, 1.807) is 0 Å². The lowest BCUT2D eigenvalue weighted by molar-refractivity contribution is 0.327. The van der Waals surface area contributed by atoms with E-state index in [0.717, 1.165) is 6.07 Å². The highest BCUT2D eigenvalue weighted by molar-refractivity contribution is 5.42. The minimum atomic E-state index is -0.448. The molecule has 0 aliphatic heterocycles. The van der Waals surface area contributed by atoms with Crippen LogP contribution >= 0.6 is 0 Å². The molecule has 0 bridgehead atoms. The summed E-state index contributed by atoms with van der Waals surface area (Å²) >= 11 is 0. The van der Waals surface area contributed by atoms with Gasteiger partial charge in [0.2, 0.25) is 0 Å². The van der Waals surface area contributed by atoms with Crippen molar-refractivity contribution in [1.82, 2.24) is 0 Å². The molecule has 0 radical (unpaired) electrons. The Balaban J connectivity index is 2.88. The summed E-state index contributed by atoms with van der Waals surface area (Å²) in [6, 6.07) is 5.63. The van der Waals surface area contributed by atoms with E-state index in [2.05, 4.69) is 0 Å². The molecule has 1 aromatic carbocycles. The fraction of sp³-hybridized carbons (Fsp3) is 0.222. The monoisotopic (exact) mass is 180 g/mol. The third kappa shape index (κ3) is 2.42. The van der Waals surface area contributed by atoms with Gasteiger partial charge in [-0.05, 0) is 18.2 Å². The Labute approximate surface area is 75.5 Å². The van der Waals surface area contributed by atoms with Crippen LogP contribution in [0.3, 0.4) is 0 Å². The summed E-state index contributed by atoms with van der Waals surface area (Å²) < 4.78 is 17.7. The fourth-order valence-electron chi connectivity index (χ4n) is 0.884. The smallest absolute Gasteiger partial charge is 0.137 e. The first-order valence-electron chi connectivity index (χ1n) is 3.80. The maximum Gasteiger partial charge on any atom is 0.137 e. The molecular weight excluding hydrogens is 171 g/mol. The Hall–Kier alpha value is -1.60. The fourth-order valence-corrected chi connectivity index (χ4v) is 0.884. The van der Waals surface area contributed by atoms with E-state index < -0.39 is 5.82 Å². The summed E-state index contributed by atoms with van der Waals surface area (Å²) in [7, 11) is 0. The SMILES string of the molecule is N#Cc1cc(F)ccc1OCCN. The quantitative estimate of drug-likeness (QED) is 0.755. The van der Waals surface area contributed by atoms with Crippen LogP contribution in [-0.2, 0) is 0 Å². The van der Waals surface area contributed by atoms with Gasteiger partial charge in [-0.25, -0.2) is 4.39 Å². The highest BCUT2D eigenvalue weighted by Crippen LogP contribution is 2.18. The first kappa shape index (κ1) is 9.49. The third-order valence-corrected chi connectivity index (χ3v) is 1.44. The van der Waals surface area contributed by atoms with Gasteiger partial charge in [0.15, 0.2) is 0 Å². The van der Waals surface area contributed by atoms with Crippen LogP contribution < -0.4 is 10.5 Å². The summed E-state index contributed by atoms with van der Waals surface area (Å²) in [5.41, 5.74) is 5.40. The number of ether oxygens (including phenoxy) is 1. The van der Waals surface area contributed by atoms with Crippen LogP contribution in [0, 0.1) is 17.1 Å². The first-order valence-corrected chi connectivity index (χ1v) is 3.80. The van der Waals surface area contributed by atoms with Crippen molar-refractivity contribution >= 4 is 0 Å². The van der Waals surface area contributed by atoms with Crippen LogP contribution in [0.1, 0.15) is 5.56 Å². The van der Waals surface area contributed by atoms with Gasteiger partial charge >= 0.3 is 0 Å². The lowest BCUT2D eigenvalue weighted by Gasteiger charge is -2.05. The molecule has 1 aromatic rings. The van der Waals surface area contributed by atoms with Crippen molar-refractivity contribution in [3.63, 3.8) is 0 Å². The molecule has 13 heavy (non-hydrogen) atoms. The van der Waals surface area contributed by atoms with Crippen molar-refractivity contribution in [3.05, 3.63) is 29.6 Å². The number of halogens is 1. The van der Waals surface area contributed by atoms with E-state index >= 15 is 0 Å². The molecule has 2 N–H and O–H groups in total. The Bertz CT molecular complexity index is 333. The van der Waals surface area contributed by atoms with Crippen molar-refractivity contribution < 1.29 is 9.13 Å². The molecule has 3 nitrogen and oxygen atoms in total. The van der Waals surface area contributed by atoms with Gasteiger partial charge < -0.3 is 10.5 Å². The van der Waals surface area contributed by atoms with E-state index in [0.29, 0.717) is 18.9 Å². The number of nitriles is 1. The van der Waals surface area contributed by atoms with Crippen LogP contribution in [0.5, 0.6) is 5.75 Å². The maximum atomic E-state index is 12.6. The number of nitrogens with two attached hydrogens (primary N) is 1. The molecule has 0 unspecified atom stereocenters. The van der Waals surface area contributed by atoms with Gasteiger partial charge in [-0.2, -0.15) is 5.26 Å². The molecule has 0 aliphatic rings. The van der Waals surface area contributed by atoms with E-state index in [9.17, 15) is 4.39 Å². The van der Waals surface area contributed by atoms with Gasteiger partial charge in [0.25, 0.3) is 0 Å². The molecule has 1 rings (SSSR count). The van der Waals surface area contributed by atoms with E-state index in [4.69, 9.17) is 15.7 Å². The normalized spacial score (nSPS) is 9.31. The van der Waals surface area contributed by atoms with Crippen molar-refractivity contribution in [2.24, 2.45) is 5.73 Å². The molecule has 0 heterocycles. The Kier molecular flexibility index (Phi) is 3.23. The summed E-state index contributed by atoms with van der Waals surface area (Å²) in [6.45, 7) is 0.683. The average molecular weight is 180 g/mol. The Morgan fingerprint density at radius 1 is 1.54 bits per heavy atom. The zero-order valence-electron chi connectivity index (χ0n) is 6.96. The van der Waals surface area contributed by atoms with E-state index in [1.807, 2.05) is 6.07 Å². The van der Waals surface area contributed by atoms with Gasteiger partial charge in [-0.3, -0.25) is 0 Å². The van der Waals surface area contributed by atoms with Gasteiger partial charge in [0.1, 0.15) is 24.2 Å². The lowest BCUT2D eigenvalue weighted by atomic mass is 10.2. The molecule has 0 spiro atoms. The molecule has 68 valence electrons. The molecule has 0 saturated heterocycles. The predicted octanol–water partition coefficient (Wildman–Crippen LogP) is 1.03. The summed E-state index contributed by atoms with van der Waals surface area (Å²) in [5, 5.41) is 8.61. The van der Waals surface area contributed by atoms with Crippen LogP contribution in [0.15, 0.2) is 18.2 Å². The zero-order valence-corrected chi connectivity index (χ0v) is 6.96. The second kappa shape index (κ2) is 4.43. The third-order valence-electron chi connectivity index (χ3n) is 1.44. The van der Waals surface area contributed by atoms with Crippen molar-refractivity contribution in [2.45, 2.75) is 0 Å². The summed E-state index contributed by atoms with van der Waals surface area (Å²) in [6.07, 6.45) is 0. The average Bonchev–Trinajstić information content (AvgIpc) is 2.16. The molecule has 0 amide bonds. The highest BCUT2D eigenvalue weighted by atomic mass is 19.1. The zero-order chi connectivity index (χ0) is 9.68. The highest BCUT2D eigenvalue weighted by Gasteiger charge is 2.03. The number of rotatable bonds is 3. The van der Waals surface area contributed by atoms with Gasteiger partial charge in [0.05, 0.1) is 5.56 Å². The number of hydrogen-bond acceptors (Lipinski definition) is 3. The molecule has 4 heteroatoms. The molecule has 0 fully saturated rings. The van der Waals surface area contributed by atoms with E-state index in [1.165, 1.54) is 12.1 Å². The van der Waals surface area contributed by atoms with Crippen molar-refractivity contribution in [3.8, 4) is 11.8 Å². The van der Waals surface area contributed by atoms with Crippen LogP contribution in [0.4, 0.5) is 4.39 Å². The molecule has 0 atom stereocenters. The summed E-state index contributed by atoms with van der Waals surface area (Å²) in [4.78, 5) is 0. The van der Waals surface area contributed by atoms with Crippen molar-refractivity contribution in [1.29, 1.82) is 5.26 Å². The second-order valence-electron chi connectivity index (χ2n) is 2.39. The maximum absolute atomic E-state index is 12.6. The predicted molar refractivity (Wildman–Crippen MR) is 45.7 cm³/mol. The van der Waals surface area contributed by atoms with Gasteiger partial charge in [0, 0.05) is 6.54 Å². The number of hydrogen-bond donors (Lipinski definition) is 1. The van der Waals surface area contributed by atoms with Gasteiger partial charge in [-0.15, -0.1) is 0 Å². The molecule has 0 saturated carbocycles. The minimum absolute atomic E-state index is 0.188. The van der Waals surface area contributed by atoms with Crippen molar-refractivity contribution in [2.75, 3.05) is 13.2 Å². The van der Waals surface area contributed by atoms with Gasteiger partial charge in [-0.1, -0.05) is 0 Å². The second-order valence-corrected chi connectivity index (χ2v) is 2.39. The van der Waals surface area contributed by atoms with Crippen LogP contribution in [0.2, 0.25) is 0 Å². The minimum Gasteiger partial charge on any atom is -0.491 e. The lowest BCUT2D eigenvalue weighted by Crippen LogP contribution is -2.11. The van der Waals surface area contributed by atoms with Crippen LogP contribution in [-0.4, -0.2) is 13.2 Å². The molecule has 0 aromatic heterocycles. The van der Waals surface area contributed by atoms with Crippen LogP contribution in [0.25, 0.3) is 0 Å². The van der Waals surface area contributed by atoms with E-state index in [-0.39, 0.29) is 5.56 Å².